The van der Waals surface area contributed by atoms with Crippen LogP contribution in [-0.2, 0) is 13.0 Å². The summed E-state index contributed by atoms with van der Waals surface area (Å²) in [4.78, 5) is 19.1. The van der Waals surface area contributed by atoms with Crippen LogP contribution in [0, 0.1) is 5.92 Å². The number of rotatable bonds is 4. The normalized spacial score (nSPS) is 29.2. The summed E-state index contributed by atoms with van der Waals surface area (Å²) in [5.74, 6) is 2.18. The predicted octanol–water partition coefficient (Wildman–Crippen LogP) is 2.71. The first-order valence-electron chi connectivity index (χ1n) is 10.6. The lowest BCUT2D eigenvalue weighted by molar-refractivity contribution is -0.109. The van der Waals surface area contributed by atoms with Crippen molar-refractivity contribution in [3.8, 4) is 0 Å². The summed E-state index contributed by atoms with van der Waals surface area (Å²) in [7, 11) is 0. The predicted molar refractivity (Wildman–Crippen MR) is 103 cm³/mol. The molecule has 2 amide bonds. The quantitative estimate of drug-likeness (QED) is 0.879. The second-order valence-corrected chi connectivity index (χ2v) is 8.58. The number of hydrogen-bond donors (Lipinski definition) is 1. The van der Waals surface area contributed by atoms with E-state index in [2.05, 4.69) is 24.0 Å². The van der Waals surface area contributed by atoms with Crippen LogP contribution in [0.4, 0.5) is 4.79 Å². The van der Waals surface area contributed by atoms with E-state index in [9.17, 15) is 9.90 Å². The van der Waals surface area contributed by atoms with Gasteiger partial charge in [0.25, 0.3) is 0 Å². The molecule has 4 rings (SSSR count). The lowest BCUT2D eigenvalue weighted by Crippen LogP contribution is -2.61. The first kappa shape index (κ1) is 18.8. The van der Waals surface area contributed by atoms with Gasteiger partial charge in [0.1, 0.15) is 11.5 Å². The fraction of sp³-hybridized carbons (Fsp3) is 0.762. The van der Waals surface area contributed by atoms with E-state index in [4.69, 9.17) is 4.42 Å². The maximum absolute atomic E-state index is 12.8. The van der Waals surface area contributed by atoms with E-state index in [1.54, 1.807) is 0 Å². The molecule has 3 fully saturated rings. The topological polar surface area (TPSA) is 60.2 Å². The van der Waals surface area contributed by atoms with Gasteiger partial charge in [-0.25, -0.2) is 4.79 Å². The van der Waals surface area contributed by atoms with Crippen molar-refractivity contribution >= 4 is 6.03 Å². The summed E-state index contributed by atoms with van der Waals surface area (Å²) >= 11 is 0. The molecule has 3 aliphatic rings. The molecule has 150 valence electrons. The highest BCUT2D eigenvalue weighted by Crippen LogP contribution is 2.36. The van der Waals surface area contributed by atoms with Crippen LogP contribution in [0.1, 0.15) is 50.5 Å². The van der Waals surface area contributed by atoms with Crippen molar-refractivity contribution < 1.29 is 14.3 Å². The molecular formula is C21H33N3O3. The van der Waals surface area contributed by atoms with E-state index in [1.807, 2.05) is 9.80 Å². The molecule has 27 heavy (non-hydrogen) atoms. The molecule has 0 aromatic carbocycles. The Bertz CT molecular complexity index is 655. The molecule has 6 nitrogen and oxygen atoms in total. The van der Waals surface area contributed by atoms with Gasteiger partial charge in [-0.15, -0.1) is 0 Å². The molecule has 4 heterocycles. The van der Waals surface area contributed by atoms with Crippen molar-refractivity contribution in [1.82, 2.24) is 14.7 Å². The van der Waals surface area contributed by atoms with Crippen molar-refractivity contribution in [1.29, 1.82) is 0 Å². The number of amides is 2. The van der Waals surface area contributed by atoms with E-state index >= 15 is 0 Å². The number of carbonyl (C=O) groups is 1. The Morgan fingerprint density at radius 1 is 1.11 bits per heavy atom. The fourth-order valence-corrected chi connectivity index (χ4v) is 4.91. The highest BCUT2D eigenvalue weighted by atomic mass is 16.3. The van der Waals surface area contributed by atoms with Crippen molar-refractivity contribution in [2.45, 2.75) is 57.6 Å². The lowest BCUT2D eigenvalue weighted by Gasteiger charge is -2.50. The summed E-state index contributed by atoms with van der Waals surface area (Å²) in [5.41, 5.74) is -0.616. The Labute approximate surface area is 162 Å². The van der Waals surface area contributed by atoms with Crippen LogP contribution in [0.5, 0.6) is 0 Å². The minimum atomic E-state index is -0.616. The van der Waals surface area contributed by atoms with E-state index in [0.717, 1.165) is 76.3 Å². The molecule has 3 aliphatic heterocycles. The summed E-state index contributed by atoms with van der Waals surface area (Å²) in [6, 6.07) is 4.33. The number of urea groups is 1. The van der Waals surface area contributed by atoms with Crippen LogP contribution in [0.15, 0.2) is 16.5 Å². The van der Waals surface area contributed by atoms with Gasteiger partial charge in [-0.1, -0.05) is 6.92 Å². The third kappa shape index (κ3) is 4.02. The van der Waals surface area contributed by atoms with E-state index in [-0.39, 0.29) is 11.9 Å². The fourth-order valence-electron chi connectivity index (χ4n) is 4.91. The Morgan fingerprint density at radius 2 is 1.85 bits per heavy atom. The number of carbonyl (C=O) groups excluding carboxylic acids is 1. The van der Waals surface area contributed by atoms with Crippen LogP contribution in [-0.4, -0.2) is 70.7 Å². The smallest absolute Gasteiger partial charge is 0.320 e. The minimum Gasteiger partial charge on any atom is -0.465 e. The molecule has 2 atom stereocenters. The summed E-state index contributed by atoms with van der Waals surface area (Å²) in [5, 5.41) is 11.1. The number of piperidine rings is 2. The molecule has 0 unspecified atom stereocenters. The number of likely N-dealkylation sites (tertiary alicyclic amines) is 3. The molecule has 0 spiro atoms. The number of furan rings is 1. The first-order valence-corrected chi connectivity index (χ1v) is 10.6. The Hall–Kier alpha value is -1.53. The molecule has 1 N–H and O–H groups in total. The number of hydrogen-bond acceptors (Lipinski definition) is 4. The summed E-state index contributed by atoms with van der Waals surface area (Å²) < 4.78 is 5.94. The van der Waals surface area contributed by atoms with Gasteiger partial charge in [0.05, 0.1) is 12.1 Å². The molecule has 3 saturated heterocycles. The van der Waals surface area contributed by atoms with Gasteiger partial charge in [0.15, 0.2) is 0 Å². The highest BCUT2D eigenvalue weighted by Gasteiger charge is 2.46. The van der Waals surface area contributed by atoms with Gasteiger partial charge in [-0.3, -0.25) is 4.90 Å². The maximum atomic E-state index is 12.8. The number of aryl methyl sites for hydroxylation is 1. The van der Waals surface area contributed by atoms with Crippen LogP contribution >= 0.6 is 0 Å². The van der Waals surface area contributed by atoms with Gasteiger partial charge in [0.2, 0.25) is 0 Å². The van der Waals surface area contributed by atoms with E-state index in [0.29, 0.717) is 19.5 Å². The molecule has 0 radical (unpaired) electrons. The van der Waals surface area contributed by atoms with Crippen LogP contribution in [0.3, 0.4) is 0 Å². The van der Waals surface area contributed by atoms with Crippen molar-refractivity contribution in [2.75, 3.05) is 39.3 Å². The number of nitrogens with zero attached hydrogens (tertiary/aromatic N) is 3. The zero-order valence-corrected chi connectivity index (χ0v) is 16.5. The Morgan fingerprint density at radius 3 is 2.63 bits per heavy atom. The number of fused-ring (bicyclic) bond motifs is 1. The molecule has 0 saturated carbocycles. The third-order valence-electron chi connectivity index (χ3n) is 6.60. The Balaban J connectivity index is 1.37. The van der Waals surface area contributed by atoms with Gasteiger partial charge in [0, 0.05) is 51.6 Å². The number of aliphatic hydroxyl groups is 1. The lowest BCUT2D eigenvalue weighted by atomic mass is 9.75. The first-order chi connectivity index (χ1) is 13.1. The zero-order chi connectivity index (χ0) is 18.9. The average molecular weight is 376 g/mol. The van der Waals surface area contributed by atoms with Crippen molar-refractivity contribution in [3.05, 3.63) is 23.7 Å². The van der Waals surface area contributed by atoms with Gasteiger partial charge in [-0.2, -0.15) is 0 Å². The molecule has 0 bridgehead atoms. The SMILES string of the molecule is CCCc1ccc(CN2CC[C@@]3(O)CCN(C(=O)N4CCCC4)C[C@H]3C2)o1. The van der Waals surface area contributed by atoms with Gasteiger partial charge >= 0.3 is 6.03 Å². The van der Waals surface area contributed by atoms with Crippen molar-refractivity contribution in [2.24, 2.45) is 5.92 Å². The van der Waals surface area contributed by atoms with Gasteiger partial charge in [-0.05, 0) is 44.2 Å². The second kappa shape index (κ2) is 7.84. The van der Waals surface area contributed by atoms with E-state index in [1.165, 1.54) is 0 Å². The molecule has 1 aromatic rings. The monoisotopic (exact) mass is 375 g/mol. The largest absolute Gasteiger partial charge is 0.465 e. The maximum Gasteiger partial charge on any atom is 0.320 e. The standard InChI is InChI=1S/C21H33N3O3/c1-2-5-18-6-7-19(27-18)16-22-12-8-21(26)9-13-24(15-17(21)14-22)20(25)23-10-3-4-11-23/h6-7,17,26H,2-5,8-16H2,1H3/t17-,21-/m1/s1. The summed E-state index contributed by atoms with van der Waals surface area (Å²) in [6.45, 7) is 7.77. The third-order valence-corrected chi connectivity index (χ3v) is 6.60. The molecular weight excluding hydrogens is 342 g/mol. The molecule has 0 aliphatic carbocycles. The average Bonchev–Trinajstić information content (AvgIpc) is 3.34. The zero-order valence-electron chi connectivity index (χ0n) is 16.5. The highest BCUT2D eigenvalue weighted by molar-refractivity contribution is 5.74. The van der Waals surface area contributed by atoms with E-state index < -0.39 is 5.60 Å². The van der Waals surface area contributed by atoms with Crippen LogP contribution < -0.4 is 0 Å². The minimum absolute atomic E-state index is 0.122. The molecule has 1 aromatic heterocycles. The van der Waals surface area contributed by atoms with Crippen LogP contribution in [0.25, 0.3) is 0 Å². The van der Waals surface area contributed by atoms with Crippen molar-refractivity contribution in [3.63, 3.8) is 0 Å². The Kier molecular flexibility index (Phi) is 5.46. The van der Waals surface area contributed by atoms with Gasteiger partial charge < -0.3 is 19.3 Å². The second-order valence-electron chi connectivity index (χ2n) is 8.58. The molecule has 6 heteroatoms. The summed E-state index contributed by atoms with van der Waals surface area (Å²) in [6.07, 6.45) is 5.79. The van der Waals surface area contributed by atoms with Crippen LogP contribution in [0.2, 0.25) is 0 Å².